The Kier molecular flexibility index (Phi) is 2.12. The summed E-state index contributed by atoms with van der Waals surface area (Å²) in [4.78, 5) is 11.4. The zero-order valence-electron chi connectivity index (χ0n) is 7.62. The van der Waals surface area contributed by atoms with Crippen molar-refractivity contribution < 1.29 is 0 Å². The summed E-state index contributed by atoms with van der Waals surface area (Å²) in [6.07, 6.45) is 5.92. The maximum absolute atomic E-state index is 11.4. The van der Waals surface area contributed by atoms with Crippen LogP contribution >= 0.6 is 0 Å². The largest absolute Gasteiger partial charge is 0.384 e. The van der Waals surface area contributed by atoms with Gasteiger partial charge in [0.2, 0.25) is 0 Å². The minimum atomic E-state index is 0.00407. The molecular formula is C9H15N3O. The number of aromatic nitrogens is 2. The molecule has 4 heteroatoms. The van der Waals surface area contributed by atoms with Gasteiger partial charge in [0.15, 0.2) is 0 Å². The fourth-order valence-electron chi connectivity index (χ4n) is 2.04. The Morgan fingerprint density at radius 1 is 1.38 bits per heavy atom. The minimum absolute atomic E-state index is 0.00407. The Labute approximate surface area is 76.7 Å². The summed E-state index contributed by atoms with van der Waals surface area (Å²) >= 11 is 0. The van der Waals surface area contributed by atoms with E-state index in [9.17, 15) is 4.79 Å². The number of hydrogen-bond donors (Lipinski definition) is 2. The van der Waals surface area contributed by atoms with Crippen molar-refractivity contribution in [3.05, 3.63) is 16.4 Å². The van der Waals surface area contributed by atoms with Crippen LogP contribution in [0, 0.1) is 0 Å². The van der Waals surface area contributed by atoms with Crippen LogP contribution in [0.1, 0.15) is 38.1 Å². The zero-order chi connectivity index (χ0) is 9.26. The molecule has 1 aliphatic carbocycles. The van der Waals surface area contributed by atoms with Gasteiger partial charge in [-0.15, -0.1) is 0 Å². The monoisotopic (exact) mass is 181 g/mol. The summed E-state index contributed by atoms with van der Waals surface area (Å²) in [7, 11) is 0. The van der Waals surface area contributed by atoms with Crippen LogP contribution in [0.5, 0.6) is 0 Å². The van der Waals surface area contributed by atoms with Gasteiger partial charge < -0.3 is 5.73 Å². The molecule has 1 aromatic rings. The molecule has 1 saturated carbocycles. The predicted molar refractivity (Wildman–Crippen MR) is 51.6 cm³/mol. The lowest BCUT2D eigenvalue weighted by Gasteiger charge is -2.21. The van der Waals surface area contributed by atoms with Crippen LogP contribution in [-0.2, 0) is 0 Å². The van der Waals surface area contributed by atoms with E-state index >= 15 is 0 Å². The van der Waals surface area contributed by atoms with Crippen LogP contribution in [0.15, 0.2) is 10.9 Å². The molecule has 13 heavy (non-hydrogen) atoms. The molecule has 1 heterocycles. The lowest BCUT2D eigenvalue weighted by Crippen LogP contribution is -2.23. The Balaban J connectivity index is 2.23. The molecule has 72 valence electrons. The van der Waals surface area contributed by atoms with Gasteiger partial charge in [-0.25, -0.2) is 4.68 Å². The average molecular weight is 181 g/mol. The van der Waals surface area contributed by atoms with Crippen LogP contribution in [0.3, 0.4) is 0 Å². The summed E-state index contributed by atoms with van der Waals surface area (Å²) < 4.78 is 1.68. The van der Waals surface area contributed by atoms with E-state index in [1.54, 1.807) is 4.68 Å². The van der Waals surface area contributed by atoms with Crippen LogP contribution in [0.4, 0.5) is 5.82 Å². The Morgan fingerprint density at radius 2 is 2.08 bits per heavy atom. The topological polar surface area (TPSA) is 63.8 Å². The molecule has 0 amide bonds. The van der Waals surface area contributed by atoms with Crippen molar-refractivity contribution in [1.82, 2.24) is 9.78 Å². The van der Waals surface area contributed by atoms with Gasteiger partial charge in [0.25, 0.3) is 5.56 Å². The normalized spacial score (nSPS) is 19.1. The number of H-pyrrole nitrogens is 1. The lowest BCUT2D eigenvalue weighted by atomic mass is 9.96. The molecule has 2 rings (SSSR count). The first-order chi connectivity index (χ1) is 6.27. The third-order valence-corrected chi connectivity index (χ3v) is 2.71. The maximum Gasteiger partial charge on any atom is 0.268 e. The van der Waals surface area contributed by atoms with Crippen LogP contribution in [-0.4, -0.2) is 9.78 Å². The number of nitrogens with one attached hydrogen (secondary N) is 1. The van der Waals surface area contributed by atoms with Crippen molar-refractivity contribution in [1.29, 1.82) is 0 Å². The molecule has 0 unspecified atom stereocenters. The molecule has 0 aliphatic heterocycles. The van der Waals surface area contributed by atoms with Gasteiger partial charge in [0.1, 0.15) is 5.82 Å². The summed E-state index contributed by atoms with van der Waals surface area (Å²) in [5, 5.41) is 2.90. The van der Waals surface area contributed by atoms with E-state index in [0.29, 0.717) is 11.9 Å². The van der Waals surface area contributed by atoms with Crippen molar-refractivity contribution in [3.63, 3.8) is 0 Å². The zero-order valence-corrected chi connectivity index (χ0v) is 7.62. The van der Waals surface area contributed by atoms with Crippen LogP contribution in [0.25, 0.3) is 0 Å². The van der Waals surface area contributed by atoms with Gasteiger partial charge in [-0.05, 0) is 12.8 Å². The van der Waals surface area contributed by atoms with Gasteiger partial charge in [-0.1, -0.05) is 19.3 Å². The van der Waals surface area contributed by atoms with Crippen LogP contribution in [0.2, 0.25) is 0 Å². The first-order valence-corrected chi connectivity index (χ1v) is 4.84. The highest BCUT2D eigenvalue weighted by molar-refractivity contribution is 5.24. The van der Waals surface area contributed by atoms with Crippen molar-refractivity contribution >= 4 is 5.82 Å². The smallest absolute Gasteiger partial charge is 0.268 e. The lowest BCUT2D eigenvalue weighted by molar-refractivity contribution is 0.324. The van der Waals surface area contributed by atoms with E-state index in [0.717, 1.165) is 12.8 Å². The highest BCUT2D eigenvalue weighted by Crippen LogP contribution is 2.26. The number of aromatic amines is 1. The van der Waals surface area contributed by atoms with E-state index in [4.69, 9.17) is 5.73 Å². The van der Waals surface area contributed by atoms with E-state index < -0.39 is 0 Å². The second kappa shape index (κ2) is 3.28. The van der Waals surface area contributed by atoms with Gasteiger partial charge in [-0.3, -0.25) is 9.89 Å². The molecule has 1 aromatic heterocycles. The summed E-state index contributed by atoms with van der Waals surface area (Å²) in [6, 6.07) is 1.80. The molecular weight excluding hydrogens is 166 g/mol. The minimum Gasteiger partial charge on any atom is -0.384 e. The number of anilines is 1. The van der Waals surface area contributed by atoms with E-state index in [1.807, 2.05) is 0 Å². The first-order valence-electron chi connectivity index (χ1n) is 4.84. The molecule has 1 aliphatic rings. The van der Waals surface area contributed by atoms with E-state index in [2.05, 4.69) is 5.10 Å². The molecule has 0 saturated heterocycles. The molecule has 1 fully saturated rings. The predicted octanol–water partition coefficient (Wildman–Crippen LogP) is 1.26. The Hall–Kier alpha value is -1.19. The fraction of sp³-hybridized carbons (Fsp3) is 0.667. The second-order valence-electron chi connectivity index (χ2n) is 3.71. The molecule has 0 aromatic carbocycles. The molecule has 3 N–H and O–H groups in total. The molecule has 4 nitrogen and oxygen atoms in total. The quantitative estimate of drug-likeness (QED) is 0.685. The second-order valence-corrected chi connectivity index (χ2v) is 3.71. The highest BCUT2D eigenvalue weighted by atomic mass is 16.1. The van der Waals surface area contributed by atoms with Crippen LogP contribution < -0.4 is 11.3 Å². The van der Waals surface area contributed by atoms with Gasteiger partial charge >= 0.3 is 0 Å². The average Bonchev–Trinajstić information content (AvgIpc) is 2.47. The number of hydrogen-bond acceptors (Lipinski definition) is 2. The van der Waals surface area contributed by atoms with E-state index in [1.165, 1.54) is 25.3 Å². The number of rotatable bonds is 1. The summed E-state index contributed by atoms with van der Waals surface area (Å²) in [5.41, 5.74) is 5.51. The van der Waals surface area contributed by atoms with Crippen molar-refractivity contribution in [2.45, 2.75) is 38.1 Å². The maximum atomic E-state index is 11.4. The standard InChI is InChI=1S/C9H15N3O/c10-8-6-9(13)12(11-8)7-4-2-1-3-5-7/h6-7,11H,1-5,10H2. The van der Waals surface area contributed by atoms with Gasteiger partial charge in [0.05, 0.1) is 6.04 Å². The molecule has 0 atom stereocenters. The number of nitrogen functional groups attached to an aromatic ring is 1. The molecule has 0 radical (unpaired) electrons. The first kappa shape index (κ1) is 8.41. The third kappa shape index (κ3) is 1.61. The fourth-order valence-corrected chi connectivity index (χ4v) is 2.04. The SMILES string of the molecule is Nc1cc(=O)n(C2CCCCC2)[nH]1. The summed E-state index contributed by atoms with van der Waals surface area (Å²) in [6.45, 7) is 0. The van der Waals surface area contributed by atoms with E-state index in [-0.39, 0.29) is 5.56 Å². The van der Waals surface area contributed by atoms with Crippen molar-refractivity contribution in [2.24, 2.45) is 0 Å². The Bertz CT molecular complexity index is 333. The summed E-state index contributed by atoms with van der Waals surface area (Å²) in [5.74, 6) is 0.468. The Morgan fingerprint density at radius 3 is 2.62 bits per heavy atom. The van der Waals surface area contributed by atoms with Gasteiger partial charge in [0, 0.05) is 6.07 Å². The highest BCUT2D eigenvalue weighted by Gasteiger charge is 2.17. The molecule has 0 bridgehead atoms. The number of nitrogens with two attached hydrogens (primary N) is 1. The van der Waals surface area contributed by atoms with Crippen molar-refractivity contribution in [2.75, 3.05) is 5.73 Å². The van der Waals surface area contributed by atoms with Crippen molar-refractivity contribution in [3.8, 4) is 0 Å². The third-order valence-electron chi connectivity index (χ3n) is 2.71. The molecule has 0 spiro atoms. The number of nitrogens with zero attached hydrogens (tertiary/aromatic N) is 1. The van der Waals surface area contributed by atoms with Gasteiger partial charge in [-0.2, -0.15) is 0 Å².